The van der Waals surface area contributed by atoms with Crippen LogP contribution in [0, 0.1) is 0 Å². The predicted octanol–water partition coefficient (Wildman–Crippen LogP) is 7.76. The lowest BCUT2D eigenvalue weighted by atomic mass is 9.86. The highest BCUT2D eigenvalue weighted by molar-refractivity contribution is 6.04. The summed E-state index contributed by atoms with van der Waals surface area (Å²) < 4.78 is 84.1. The first kappa shape index (κ1) is 64.0. The number of ketones is 1. The van der Waals surface area contributed by atoms with Gasteiger partial charge >= 0.3 is 53.7 Å². The van der Waals surface area contributed by atoms with Crippen molar-refractivity contribution in [2.45, 2.75) is 108 Å². The maximum absolute atomic E-state index is 15.0. The summed E-state index contributed by atoms with van der Waals surface area (Å²) in [6.07, 6.45) is -17.9. The third-order valence-corrected chi connectivity index (χ3v) is 14.1. The molecule has 2 fully saturated rings. The molecule has 0 aromatic heterocycles. The molecule has 0 spiro atoms. The van der Waals surface area contributed by atoms with Crippen molar-refractivity contribution in [2.24, 2.45) is 0 Å². The highest BCUT2D eigenvalue weighted by Gasteiger charge is 2.57. The Morgan fingerprint density at radius 2 is 0.911 bits per heavy atom. The van der Waals surface area contributed by atoms with Gasteiger partial charge in [0, 0.05) is 40.7 Å². The SMILES string of the molecule is COc1cc2c(c(OC(C)=O)c1[C@@H]1O[C@H](COC(=O)c3ccccc3)[C@@H](OC(=O)c3ccccc3)[C@H](OC(=O)c3ccccc3)[C@H]1OC(=O)c1ccccc1)C(=O)CC(c1ccc(O[C@@H]3O[C@H](COC(C)=O)[C@@H](OC(C)=O)[C@H](OC(C)=O)[C@H]3OC(C)=O)cc1)O2. The number of hydrogen-bond acceptors (Lipinski definition) is 24. The van der Waals surface area contributed by atoms with E-state index in [1.54, 1.807) is 72.8 Å². The summed E-state index contributed by atoms with van der Waals surface area (Å²) in [5.74, 6) is -9.45. The topological polar surface area (TPSA) is 300 Å². The van der Waals surface area contributed by atoms with Crippen LogP contribution >= 0.6 is 0 Å². The van der Waals surface area contributed by atoms with Gasteiger partial charge in [-0.1, -0.05) is 84.9 Å². The zero-order valence-electron chi connectivity index (χ0n) is 49.2. The van der Waals surface area contributed by atoms with Crippen LogP contribution < -0.4 is 18.9 Å². The summed E-state index contributed by atoms with van der Waals surface area (Å²) in [6, 6.07) is 38.3. The number of Topliss-reactive ketones (excluding diaryl/α,β-unsaturated/α-hetero) is 1. The monoisotopic (exact) mass is 1240 g/mol. The number of fused-ring (bicyclic) bond motifs is 1. The zero-order chi connectivity index (χ0) is 64.2. The Labute approximate surface area is 514 Å². The minimum absolute atomic E-state index is 0.00802. The minimum atomic E-state index is -1.90. The smallest absolute Gasteiger partial charge is 0.338 e. The van der Waals surface area contributed by atoms with Crippen molar-refractivity contribution < 1.29 is 114 Å². The largest absolute Gasteiger partial charge is 0.496 e. The van der Waals surface area contributed by atoms with Crippen molar-refractivity contribution in [2.75, 3.05) is 20.3 Å². The molecule has 0 N–H and O–H groups in total. The molecule has 11 atom stereocenters. The molecule has 0 radical (unpaired) electrons. The van der Waals surface area contributed by atoms with E-state index in [0.717, 1.165) is 34.6 Å². The molecule has 468 valence electrons. The van der Waals surface area contributed by atoms with Crippen molar-refractivity contribution in [3.63, 3.8) is 0 Å². The summed E-state index contributed by atoms with van der Waals surface area (Å²) in [7, 11) is 1.24. The summed E-state index contributed by atoms with van der Waals surface area (Å²) >= 11 is 0. The van der Waals surface area contributed by atoms with E-state index in [0.29, 0.717) is 5.56 Å². The minimum Gasteiger partial charge on any atom is -0.496 e. The molecule has 3 heterocycles. The van der Waals surface area contributed by atoms with Gasteiger partial charge < -0.3 is 66.3 Å². The van der Waals surface area contributed by atoms with Crippen LogP contribution in [0.4, 0.5) is 0 Å². The van der Waals surface area contributed by atoms with Crippen LogP contribution in [0.5, 0.6) is 23.0 Å². The Balaban J connectivity index is 1.11. The summed E-state index contributed by atoms with van der Waals surface area (Å²) in [4.78, 5) is 135. The van der Waals surface area contributed by atoms with Crippen LogP contribution in [0.1, 0.15) is 116 Å². The van der Waals surface area contributed by atoms with Gasteiger partial charge in [0.2, 0.25) is 12.4 Å². The van der Waals surface area contributed by atoms with Crippen molar-refractivity contribution in [3.05, 3.63) is 191 Å². The molecule has 2 saturated heterocycles. The molecular weight excluding hydrogens is 1180 g/mol. The average molecular weight is 1240 g/mol. The molecule has 1 unspecified atom stereocenters. The predicted molar refractivity (Wildman–Crippen MR) is 307 cm³/mol. The van der Waals surface area contributed by atoms with Crippen LogP contribution in [0.15, 0.2) is 152 Å². The van der Waals surface area contributed by atoms with E-state index < -0.39 is 152 Å². The van der Waals surface area contributed by atoms with E-state index in [1.807, 2.05) is 0 Å². The molecule has 0 amide bonds. The van der Waals surface area contributed by atoms with Crippen molar-refractivity contribution in [3.8, 4) is 23.0 Å². The lowest BCUT2D eigenvalue weighted by molar-refractivity contribution is -0.288. The maximum atomic E-state index is 15.0. The molecule has 0 saturated carbocycles. The van der Waals surface area contributed by atoms with Gasteiger partial charge in [-0.3, -0.25) is 28.8 Å². The number of hydrogen-bond donors (Lipinski definition) is 0. The van der Waals surface area contributed by atoms with Gasteiger partial charge in [0.1, 0.15) is 60.4 Å². The van der Waals surface area contributed by atoms with E-state index >= 15 is 0 Å². The van der Waals surface area contributed by atoms with Crippen molar-refractivity contribution in [1.82, 2.24) is 0 Å². The number of methoxy groups -OCH3 is 1. The number of carbonyl (C=O) groups is 10. The van der Waals surface area contributed by atoms with E-state index in [9.17, 15) is 47.9 Å². The summed E-state index contributed by atoms with van der Waals surface area (Å²) in [5.41, 5.74) is 0.0158. The van der Waals surface area contributed by atoms with Crippen LogP contribution in [0.2, 0.25) is 0 Å². The number of carbonyl (C=O) groups excluding carboxylic acids is 10. The van der Waals surface area contributed by atoms with Gasteiger partial charge in [-0.2, -0.15) is 0 Å². The van der Waals surface area contributed by atoms with Gasteiger partial charge in [0.05, 0.1) is 41.3 Å². The maximum Gasteiger partial charge on any atom is 0.338 e. The van der Waals surface area contributed by atoms with Crippen LogP contribution in [0.25, 0.3) is 0 Å². The Kier molecular flexibility index (Phi) is 20.7. The van der Waals surface area contributed by atoms with Crippen LogP contribution in [-0.2, 0) is 71.3 Å². The molecule has 3 aliphatic rings. The number of benzene rings is 6. The first-order valence-electron chi connectivity index (χ1n) is 28.1. The van der Waals surface area contributed by atoms with E-state index in [4.69, 9.17) is 66.3 Å². The number of rotatable bonds is 20. The second-order valence-corrected chi connectivity index (χ2v) is 20.5. The molecule has 0 aliphatic carbocycles. The molecule has 0 bridgehead atoms. The molecule has 6 aromatic carbocycles. The second-order valence-electron chi connectivity index (χ2n) is 20.5. The molecule has 90 heavy (non-hydrogen) atoms. The van der Waals surface area contributed by atoms with Gasteiger partial charge in [-0.05, 0) is 66.2 Å². The molecule has 24 nitrogen and oxygen atoms in total. The first-order valence-corrected chi connectivity index (χ1v) is 28.1. The normalized spacial score (nSPS) is 22.5. The van der Waals surface area contributed by atoms with Crippen LogP contribution in [-0.4, -0.2) is 135 Å². The zero-order valence-corrected chi connectivity index (χ0v) is 49.2. The highest BCUT2D eigenvalue weighted by Crippen LogP contribution is 2.52. The van der Waals surface area contributed by atoms with E-state index in [-0.39, 0.29) is 50.6 Å². The fourth-order valence-electron chi connectivity index (χ4n) is 10.3. The van der Waals surface area contributed by atoms with E-state index in [1.165, 1.54) is 86.0 Å². The molecule has 3 aliphatic heterocycles. The summed E-state index contributed by atoms with van der Waals surface area (Å²) in [5, 5.41) is 0. The van der Waals surface area contributed by atoms with Crippen LogP contribution in [0.3, 0.4) is 0 Å². The Morgan fingerprint density at radius 1 is 0.467 bits per heavy atom. The standard InChI is InChI=1S/C66H60O24/c1-35(67)78-33-51-54(80-36(2)68)59(82-38(4)70)61(83-39(5)71)66(87-51)84-45-29-27-40(28-30-45)47-31-46(72)52-49(85-47)32-48(77-6)53(56(52)81-37(3)69)57-60(90-65(76)44-25-17-10-18-26-44)58(89-64(75)43-23-15-9-16-24-43)55(88-63(74)42-21-13-8-14-22-42)50(86-57)34-79-62(73)41-19-11-7-12-20-41/h7-30,32,47,50-51,54-55,57-61,66H,31,33-34H2,1-6H3/t47?,50-,51-,54-,55-,57+,58+,59+,60+,61-,66-/m1/s1. The average Bonchev–Trinajstić information content (AvgIpc) is 0.751. The quantitative estimate of drug-likeness (QED) is 0.0400. The fourth-order valence-corrected chi connectivity index (χ4v) is 10.3. The Bertz CT molecular complexity index is 3610. The molecule has 6 aromatic rings. The lowest BCUT2D eigenvalue weighted by Crippen LogP contribution is -2.63. The second kappa shape index (κ2) is 29.0. The Hall–Kier alpha value is -10.5. The first-order chi connectivity index (χ1) is 43.3. The summed E-state index contributed by atoms with van der Waals surface area (Å²) in [6.45, 7) is 4.21. The lowest BCUT2D eigenvalue weighted by Gasteiger charge is -2.45. The van der Waals surface area contributed by atoms with Gasteiger partial charge in [0.15, 0.2) is 42.1 Å². The molecular formula is C66H60O24. The Morgan fingerprint density at radius 3 is 1.41 bits per heavy atom. The number of esters is 9. The number of ether oxygens (including phenoxy) is 14. The van der Waals surface area contributed by atoms with Crippen molar-refractivity contribution in [1.29, 1.82) is 0 Å². The van der Waals surface area contributed by atoms with Crippen molar-refractivity contribution >= 4 is 59.5 Å². The van der Waals surface area contributed by atoms with E-state index in [2.05, 4.69) is 0 Å². The van der Waals surface area contributed by atoms with Gasteiger partial charge in [0.25, 0.3) is 0 Å². The van der Waals surface area contributed by atoms with Gasteiger partial charge in [-0.15, -0.1) is 0 Å². The molecule has 24 heteroatoms. The highest BCUT2D eigenvalue weighted by atomic mass is 16.7. The third kappa shape index (κ3) is 15.4. The van der Waals surface area contributed by atoms with Gasteiger partial charge in [-0.25, -0.2) is 19.2 Å². The third-order valence-electron chi connectivity index (χ3n) is 14.1. The molecule has 9 rings (SSSR count). The fraction of sp³-hybridized carbons (Fsp3) is 0.303.